The molecular weight excluding hydrogens is 496 g/mol. The van der Waals surface area contributed by atoms with Gasteiger partial charge in [-0.25, -0.2) is 0 Å². The number of para-hydroxylation sites is 1. The Morgan fingerprint density at radius 1 is 1.08 bits per heavy atom. The van der Waals surface area contributed by atoms with Crippen LogP contribution in [0.2, 0.25) is 5.02 Å². The molecule has 4 aromatic rings. The molecule has 3 heterocycles. The van der Waals surface area contributed by atoms with Crippen molar-refractivity contribution in [1.29, 1.82) is 0 Å². The first-order chi connectivity index (χ1) is 18.5. The maximum absolute atomic E-state index is 13.4. The highest BCUT2D eigenvalue weighted by atomic mass is 35.5. The predicted octanol–water partition coefficient (Wildman–Crippen LogP) is 6.17. The monoisotopic (exact) mass is 528 g/mol. The lowest BCUT2D eigenvalue weighted by atomic mass is 9.99. The molecule has 1 amide bonds. The summed E-state index contributed by atoms with van der Waals surface area (Å²) in [7, 11) is 1.90. The van der Waals surface area contributed by atoms with E-state index in [1.807, 2.05) is 48.0 Å². The van der Waals surface area contributed by atoms with E-state index in [1.165, 1.54) is 11.1 Å². The van der Waals surface area contributed by atoms with E-state index >= 15 is 0 Å². The van der Waals surface area contributed by atoms with Crippen molar-refractivity contribution in [2.24, 2.45) is 7.05 Å². The Morgan fingerprint density at radius 2 is 1.89 bits per heavy atom. The summed E-state index contributed by atoms with van der Waals surface area (Å²) in [5.74, 6) is 0.807. The number of rotatable bonds is 6. The lowest BCUT2D eigenvalue weighted by Gasteiger charge is -2.33. The standard InChI is InChI=1S/C31H33ClN4O2/c1-35-28-19-24(32)10-9-23(28)18-29(35)31(37)34-27-6-2-4-22-5-3-17-36(30(22)27)20-21-7-11-25(12-8-21)38-26-13-15-33-16-14-26/h2,4,6-12,18-19,26,33H,3,5,13-17,20H2,1H3,(H,34,37). The van der Waals surface area contributed by atoms with Crippen LogP contribution >= 0.6 is 11.6 Å². The number of amides is 1. The van der Waals surface area contributed by atoms with Crippen LogP contribution in [0.4, 0.5) is 11.4 Å². The SMILES string of the molecule is Cn1c(C(=O)Nc2cccc3c2N(Cc2ccc(OC4CCNCC4)cc2)CCC3)cc2ccc(Cl)cc21. The molecule has 0 atom stereocenters. The van der Waals surface area contributed by atoms with Gasteiger partial charge in [-0.2, -0.15) is 0 Å². The van der Waals surface area contributed by atoms with Crippen molar-refractivity contribution >= 4 is 39.8 Å². The van der Waals surface area contributed by atoms with Crippen LogP contribution in [-0.2, 0) is 20.0 Å². The highest BCUT2D eigenvalue weighted by Gasteiger charge is 2.23. The zero-order chi connectivity index (χ0) is 26.1. The van der Waals surface area contributed by atoms with Gasteiger partial charge in [0.1, 0.15) is 17.5 Å². The van der Waals surface area contributed by atoms with Gasteiger partial charge in [0, 0.05) is 36.1 Å². The number of hydrogen-bond donors (Lipinski definition) is 2. The molecule has 0 radical (unpaired) electrons. The molecule has 196 valence electrons. The number of nitrogens with zero attached hydrogens (tertiary/aromatic N) is 2. The van der Waals surface area contributed by atoms with Crippen LogP contribution in [0.5, 0.6) is 5.75 Å². The molecular formula is C31H33ClN4O2. The van der Waals surface area contributed by atoms with Crippen molar-refractivity contribution in [1.82, 2.24) is 9.88 Å². The molecule has 1 saturated heterocycles. The summed E-state index contributed by atoms with van der Waals surface area (Å²) in [5, 5.41) is 8.24. The number of benzene rings is 3. The van der Waals surface area contributed by atoms with Crippen LogP contribution in [0.1, 0.15) is 40.9 Å². The van der Waals surface area contributed by atoms with Crippen molar-refractivity contribution in [2.45, 2.75) is 38.3 Å². The summed E-state index contributed by atoms with van der Waals surface area (Å²) in [5.41, 5.74) is 6.00. The summed E-state index contributed by atoms with van der Waals surface area (Å²) in [6.45, 7) is 3.76. The third-order valence-corrected chi connectivity index (χ3v) is 7.92. The van der Waals surface area contributed by atoms with Crippen molar-refractivity contribution < 1.29 is 9.53 Å². The second kappa shape index (κ2) is 10.7. The first-order valence-electron chi connectivity index (χ1n) is 13.4. The number of aromatic nitrogens is 1. The lowest BCUT2D eigenvalue weighted by Crippen LogP contribution is -2.34. The third kappa shape index (κ3) is 5.11. The number of fused-ring (bicyclic) bond motifs is 2. The fraction of sp³-hybridized carbons (Fsp3) is 0.323. The molecule has 0 bridgehead atoms. The Morgan fingerprint density at radius 3 is 2.71 bits per heavy atom. The Balaban J connectivity index is 1.21. The molecule has 0 spiro atoms. The summed E-state index contributed by atoms with van der Waals surface area (Å²) >= 11 is 6.19. The highest BCUT2D eigenvalue weighted by molar-refractivity contribution is 6.31. The average molecular weight is 529 g/mol. The molecule has 3 aromatic carbocycles. The summed E-state index contributed by atoms with van der Waals surface area (Å²) < 4.78 is 8.09. The molecule has 6 rings (SSSR count). The zero-order valence-electron chi connectivity index (χ0n) is 21.7. The molecule has 6 nitrogen and oxygen atoms in total. The summed E-state index contributed by atoms with van der Waals surface area (Å²) in [4.78, 5) is 15.8. The summed E-state index contributed by atoms with van der Waals surface area (Å²) in [6.07, 6.45) is 4.48. The second-order valence-electron chi connectivity index (χ2n) is 10.3. The Kier molecular flexibility index (Phi) is 7.00. The number of carbonyl (C=O) groups is 1. The Hall–Kier alpha value is -3.48. The van der Waals surface area contributed by atoms with Gasteiger partial charge in [0.2, 0.25) is 0 Å². The number of piperidine rings is 1. The number of carbonyl (C=O) groups excluding carboxylic acids is 1. The molecule has 2 N–H and O–H groups in total. The topological polar surface area (TPSA) is 58.5 Å². The number of aryl methyl sites for hydroxylation is 2. The minimum atomic E-state index is -0.127. The van der Waals surface area contributed by atoms with Gasteiger partial charge < -0.3 is 24.8 Å². The Labute approximate surface area is 228 Å². The molecule has 38 heavy (non-hydrogen) atoms. The minimum Gasteiger partial charge on any atom is -0.490 e. The zero-order valence-corrected chi connectivity index (χ0v) is 22.4. The predicted molar refractivity (Wildman–Crippen MR) is 155 cm³/mol. The van der Waals surface area contributed by atoms with Gasteiger partial charge in [-0.15, -0.1) is 0 Å². The van der Waals surface area contributed by atoms with Gasteiger partial charge in [0.05, 0.1) is 11.4 Å². The van der Waals surface area contributed by atoms with E-state index in [1.54, 1.807) is 0 Å². The number of nitrogens with one attached hydrogen (secondary N) is 2. The van der Waals surface area contributed by atoms with E-state index < -0.39 is 0 Å². The van der Waals surface area contributed by atoms with Crippen LogP contribution in [-0.4, -0.2) is 36.2 Å². The molecule has 2 aliphatic rings. The van der Waals surface area contributed by atoms with E-state index in [0.29, 0.717) is 16.8 Å². The normalized spacial score (nSPS) is 15.9. The maximum Gasteiger partial charge on any atom is 0.272 e. The maximum atomic E-state index is 13.4. The van der Waals surface area contributed by atoms with Crippen molar-refractivity contribution in [3.05, 3.63) is 88.6 Å². The molecule has 2 aliphatic heterocycles. The number of ether oxygens (including phenoxy) is 1. The van der Waals surface area contributed by atoms with E-state index in [9.17, 15) is 4.79 Å². The number of hydrogen-bond acceptors (Lipinski definition) is 4. The van der Waals surface area contributed by atoms with Crippen LogP contribution in [0, 0.1) is 0 Å². The second-order valence-corrected chi connectivity index (χ2v) is 10.7. The van der Waals surface area contributed by atoms with Gasteiger partial charge >= 0.3 is 0 Å². The Bertz CT molecular complexity index is 1460. The van der Waals surface area contributed by atoms with Crippen LogP contribution < -0.4 is 20.3 Å². The van der Waals surface area contributed by atoms with E-state index in [2.05, 4.69) is 45.9 Å². The van der Waals surface area contributed by atoms with Crippen LogP contribution in [0.25, 0.3) is 10.9 Å². The largest absolute Gasteiger partial charge is 0.490 e. The van der Waals surface area contributed by atoms with Crippen molar-refractivity contribution in [3.63, 3.8) is 0 Å². The fourth-order valence-electron chi connectivity index (χ4n) is 5.70. The van der Waals surface area contributed by atoms with Crippen molar-refractivity contribution in [3.8, 4) is 5.75 Å². The van der Waals surface area contributed by atoms with Gasteiger partial charge in [0.25, 0.3) is 5.91 Å². The first-order valence-corrected chi connectivity index (χ1v) is 13.8. The third-order valence-electron chi connectivity index (χ3n) is 7.68. The lowest BCUT2D eigenvalue weighted by molar-refractivity contribution is 0.101. The number of halogens is 1. The summed E-state index contributed by atoms with van der Waals surface area (Å²) in [6, 6.07) is 22.3. The molecule has 0 aliphatic carbocycles. The van der Waals surface area contributed by atoms with E-state index in [-0.39, 0.29) is 5.91 Å². The first kappa shape index (κ1) is 24.8. The highest BCUT2D eigenvalue weighted by Crippen LogP contribution is 2.36. The van der Waals surface area contributed by atoms with Gasteiger partial charge in [-0.05, 0) is 86.3 Å². The molecule has 1 aromatic heterocycles. The fourth-order valence-corrected chi connectivity index (χ4v) is 5.87. The minimum absolute atomic E-state index is 0.127. The molecule has 0 saturated carbocycles. The van der Waals surface area contributed by atoms with Gasteiger partial charge in [0.15, 0.2) is 0 Å². The number of anilines is 2. The van der Waals surface area contributed by atoms with Crippen LogP contribution in [0.15, 0.2) is 66.7 Å². The smallest absolute Gasteiger partial charge is 0.272 e. The molecule has 7 heteroatoms. The molecule has 0 unspecified atom stereocenters. The van der Waals surface area contributed by atoms with Gasteiger partial charge in [-0.3, -0.25) is 4.79 Å². The van der Waals surface area contributed by atoms with Crippen molar-refractivity contribution in [2.75, 3.05) is 29.9 Å². The quantitative estimate of drug-likeness (QED) is 0.314. The van der Waals surface area contributed by atoms with E-state index in [0.717, 1.165) is 79.9 Å². The van der Waals surface area contributed by atoms with E-state index in [4.69, 9.17) is 16.3 Å². The van der Waals surface area contributed by atoms with Gasteiger partial charge in [-0.1, -0.05) is 41.9 Å². The molecule has 1 fully saturated rings. The average Bonchev–Trinajstić information content (AvgIpc) is 3.26. The van der Waals surface area contributed by atoms with Crippen LogP contribution in [0.3, 0.4) is 0 Å².